The number of pyridine rings is 8. The Morgan fingerprint density at radius 2 is 0.435 bits per heavy atom. The maximum Gasteiger partial charge on any atom is 2.00 e. The summed E-state index contributed by atoms with van der Waals surface area (Å²) in [5.41, 5.74) is 19.0. The van der Waals surface area contributed by atoms with Gasteiger partial charge >= 0.3 is 82.5 Å². The third kappa shape index (κ3) is 23.3. The average molecular weight is 1790 g/mol. The largest absolute Gasteiger partial charge is 2.00 e. The smallest absolute Gasteiger partial charge is 0.657 e. The fourth-order valence-electron chi connectivity index (χ4n) is 10.8. The van der Waals surface area contributed by atoms with Gasteiger partial charge in [-0.3, -0.25) is 39.9 Å². The molecule has 0 unspecified atom stereocenters. The molecule has 0 saturated heterocycles. The molecule has 0 amide bonds. The second-order valence-electron chi connectivity index (χ2n) is 22.4. The molecule has 20 heteroatoms. The zero-order valence-electron chi connectivity index (χ0n) is 56.3. The van der Waals surface area contributed by atoms with Crippen molar-refractivity contribution in [2.45, 2.75) is 0 Å². The third-order valence-corrected chi connectivity index (χ3v) is 16.9. The first-order valence-corrected chi connectivity index (χ1v) is 37.6. The average Bonchev–Trinajstić information content (AvgIpc) is 1.63. The number of para-hydroxylation sites is 4. The molecule has 10 nitrogen and oxygen atoms in total. The van der Waals surface area contributed by atoms with Crippen molar-refractivity contribution in [1.29, 1.82) is 0 Å². The van der Waals surface area contributed by atoms with Gasteiger partial charge in [-0.1, -0.05) is 262 Å². The summed E-state index contributed by atoms with van der Waals surface area (Å²) in [7, 11) is 8.53. The normalized spacial score (nSPS) is 10.1. The molecule has 8 aromatic carbocycles. The number of aromatic nitrogens is 10. The molecule has 10 heterocycles. The van der Waals surface area contributed by atoms with E-state index in [1.54, 1.807) is 36.9 Å². The molecule has 0 spiro atoms. The van der Waals surface area contributed by atoms with Crippen LogP contribution in [0.5, 0.6) is 0 Å². The Labute approximate surface area is 698 Å². The van der Waals surface area contributed by atoms with Crippen molar-refractivity contribution in [3.05, 3.63) is 384 Å². The van der Waals surface area contributed by atoms with Gasteiger partial charge in [0.1, 0.15) is 10.3 Å². The maximum absolute atomic E-state index is 5.91. The van der Waals surface area contributed by atoms with E-state index in [9.17, 15) is 0 Å². The van der Waals surface area contributed by atoms with E-state index in [1.807, 2.05) is 231 Å². The first-order valence-electron chi connectivity index (χ1n) is 32.5. The minimum absolute atomic E-state index is 0. The van der Waals surface area contributed by atoms with Gasteiger partial charge in [-0.2, -0.15) is 0 Å². The molecule has 108 heavy (non-hydrogen) atoms. The van der Waals surface area contributed by atoms with Gasteiger partial charge in [0.05, 0.1) is 9.21 Å². The van der Waals surface area contributed by atoms with Gasteiger partial charge < -0.3 is 9.97 Å². The molecule has 18 aromatic rings. The summed E-state index contributed by atoms with van der Waals surface area (Å²) in [5, 5.41) is 5.95. The van der Waals surface area contributed by atoms with Gasteiger partial charge in [-0.05, 0) is 102 Å². The van der Waals surface area contributed by atoms with Crippen LogP contribution in [0, 0.1) is 24.3 Å². The van der Waals surface area contributed by atoms with Gasteiger partial charge in [-0.25, -0.2) is 0 Å². The van der Waals surface area contributed by atoms with Crippen molar-refractivity contribution < 1.29 is 62.1 Å². The summed E-state index contributed by atoms with van der Waals surface area (Å²) >= 11 is 25.3. The fraction of sp³-hybridized carbons (Fsp3) is 0. The molecule has 10 aromatic heterocycles. The maximum atomic E-state index is 5.91. The topological polar surface area (TPSA) is 131 Å². The molecular weight excluding hydrogens is 1730 g/mol. The van der Waals surface area contributed by atoms with Gasteiger partial charge in [-0.15, -0.1) is 119 Å². The number of hydrogen-bond acceptors (Lipinski definition) is 8. The van der Waals surface area contributed by atoms with Crippen molar-refractivity contribution in [3.8, 4) is 90.1 Å². The van der Waals surface area contributed by atoms with E-state index in [-0.39, 0.29) is 33.0 Å². The van der Waals surface area contributed by atoms with Crippen LogP contribution in [0.25, 0.3) is 134 Å². The van der Waals surface area contributed by atoms with Crippen molar-refractivity contribution in [1.82, 2.24) is 49.8 Å². The quantitative estimate of drug-likeness (QED) is 0.0823. The Morgan fingerprint density at radius 3 is 0.667 bits per heavy atom. The SMILES string of the molecule is Brc1cccc(-c2[c-]c(-c3ccccn3)ccc2)n1.Brc1cccc(-c2[c-]c(-c3ccccn3)ccc2)n1.Clc1cccc(-c2[c-]c(-c3ccccn3)ccc2)n1.Clc1cccc(-c2[c-]c(-c3ccccn3)ccc2)n1.[Cl][Ni].[Cl][Ni].[Ni+2].[Ni+2].c1ccc2c(c1)[n-]c1ccccc12.c1ccc2c(c1)[n-]c1ccccc12. The molecule has 0 bridgehead atoms. The molecule has 0 aliphatic rings. The molecule has 18 rings (SSSR count). The van der Waals surface area contributed by atoms with Crippen molar-refractivity contribution >= 4 is 119 Å². The van der Waals surface area contributed by atoms with Gasteiger partial charge in [0.15, 0.2) is 0 Å². The summed E-state index contributed by atoms with van der Waals surface area (Å²) in [5.74, 6) is 0. The molecule has 0 radical (unpaired) electrons. The van der Waals surface area contributed by atoms with Crippen LogP contribution in [0.1, 0.15) is 0 Å². The van der Waals surface area contributed by atoms with Crippen molar-refractivity contribution in [2.24, 2.45) is 0 Å². The van der Waals surface area contributed by atoms with Gasteiger partial charge in [0.25, 0.3) is 0 Å². The standard InChI is InChI=1S/2C16H10BrN2.2C16H10ClN2.2C12H8N.2ClH.4Ni/c4*17-16-9-4-8-15(19-16)13-6-3-5-12(11-13)14-7-1-2-10-18-14;2*1-3-7-11-9(5-1)10-6-2-4-8-12(10)13-11;;;;;;/h4*1-10H;2*1-8H;2*1H;;;;/q6*-1;;;2*+1;2*+2/p-2. The summed E-state index contributed by atoms with van der Waals surface area (Å²) in [6.45, 7) is 0. The number of rotatable bonds is 8. The third-order valence-electron chi connectivity index (χ3n) is 15.6. The Balaban J connectivity index is 0.000000148. The summed E-state index contributed by atoms with van der Waals surface area (Å²) in [6.07, 6.45) is 7.11. The second-order valence-corrected chi connectivity index (χ2v) is 24.8. The van der Waals surface area contributed by atoms with Crippen molar-refractivity contribution in [3.63, 3.8) is 0 Å². The molecule has 0 atom stereocenters. The van der Waals surface area contributed by atoms with E-state index in [1.165, 1.54) is 21.5 Å². The predicted molar refractivity (Wildman–Crippen MR) is 434 cm³/mol. The van der Waals surface area contributed by atoms with Gasteiger partial charge in [0, 0.05) is 70.3 Å². The van der Waals surface area contributed by atoms with E-state index in [2.05, 4.69) is 228 Å². The summed E-state index contributed by atoms with van der Waals surface area (Å²) in [4.78, 5) is 43.8. The fourth-order valence-corrected chi connectivity index (χ4v) is 11.9. The van der Waals surface area contributed by atoms with Crippen LogP contribution in [-0.2, 0) is 62.1 Å². The molecule has 0 aliphatic heterocycles. The van der Waals surface area contributed by atoms with Crippen LogP contribution in [0.4, 0.5) is 0 Å². The van der Waals surface area contributed by atoms with Crippen LogP contribution in [0.3, 0.4) is 0 Å². The molecule has 0 saturated carbocycles. The van der Waals surface area contributed by atoms with Crippen LogP contribution in [0.2, 0.25) is 10.3 Å². The van der Waals surface area contributed by atoms with Crippen LogP contribution < -0.4 is 9.97 Å². The van der Waals surface area contributed by atoms with Gasteiger partial charge in [0.2, 0.25) is 0 Å². The zero-order chi connectivity index (χ0) is 73.7. The number of hydrogen-bond donors (Lipinski definition) is 0. The van der Waals surface area contributed by atoms with Crippen LogP contribution in [0.15, 0.2) is 349 Å². The monoisotopic (exact) mass is 1780 g/mol. The Hall–Kier alpha value is -9.35. The number of benzene rings is 8. The van der Waals surface area contributed by atoms with Crippen LogP contribution in [-0.4, -0.2) is 39.9 Å². The van der Waals surface area contributed by atoms with E-state index >= 15 is 0 Å². The Bertz CT molecular complexity index is 5080. The van der Waals surface area contributed by atoms with E-state index < -0.39 is 0 Å². The van der Waals surface area contributed by atoms with Crippen molar-refractivity contribution in [2.75, 3.05) is 0 Å². The predicted octanol–water partition coefficient (Wildman–Crippen LogP) is 24.5. The molecule has 542 valence electrons. The minimum Gasteiger partial charge on any atom is -0.657 e. The summed E-state index contributed by atoms with van der Waals surface area (Å²) in [6, 6.07) is 116. The first kappa shape index (κ1) is 82.7. The number of fused-ring (bicyclic) bond motifs is 6. The number of nitrogens with zero attached hydrogens (tertiary/aromatic N) is 10. The summed E-state index contributed by atoms with van der Waals surface area (Å²) < 4.78 is 1.64. The molecule has 0 fully saturated rings. The number of halogens is 6. The minimum atomic E-state index is 0. The Kier molecular flexibility index (Phi) is 33.4. The van der Waals surface area contributed by atoms with Crippen LogP contribution >= 0.6 is 75.4 Å². The zero-order valence-corrected chi connectivity index (χ0v) is 66.5. The molecule has 0 aliphatic carbocycles. The second kappa shape index (κ2) is 43.6. The first-order chi connectivity index (χ1) is 52.2. The Morgan fingerprint density at radius 1 is 0.231 bits per heavy atom. The van der Waals surface area contributed by atoms with E-state index in [0.717, 1.165) is 121 Å². The van der Waals surface area contributed by atoms with E-state index in [4.69, 9.17) is 23.2 Å². The van der Waals surface area contributed by atoms with E-state index in [0.29, 0.717) is 10.3 Å². The molecule has 0 N–H and O–H groups in total. The molecular formula is C88H56Br2Cl4N10Ni4-2.